The molecule has 7 heteroatoms. The van der Waals surface area contributed by atoms with Crippen molar-refractivity contribution in [2.45, 2.75) is 25.8 Å². The molecule has 0 radical (unpaired) electrons. The number of H-pyrrole nitrogens is 1. The summed E-state index contributed by atoms with van der Waals surface area (Å²) >= 11 is 1.35. The molecule has 1 unspecified atom stereocenters. The van der Waals surface area contributed by atoms with Crippen LogP contribution in [-0.2, 0) is 11.2 Å². The maximum Gasteiger partial charge on any atom is 0.261 e. The fourth-order valence-corrected chi connectivity index (χ4v) is 3.11. The van der Waals surface area contributed by atoms with Gasteiger partial charge in [-0.1, -0.05) is 18.2 Å². The van der Waals surface area contributed by atoms with Crippen LogP contribution in [0.25, 0.3) is 11.0 Å². The summed E-state index contributed by atoms with van der Waals surface area (Å²) in [7, 11) is 0. The Kier molecular flexibility index (Phi) is 5.45. The molecule has 1 atom stereocenters. The molecule has 2 heterocycles. The predicted molar refractivity (Wildman–Crippen MR) is 98.7 cm³/mol. The number of para-hydroxylation sites is 2. The summed E-state index contributed by atoms with van der Waals surface area (Å²) < 4.78 is 0. The summed E-state index contributed by atoms with van der Waals surface area (Å²) in [5.41, 5.74) is 1.97. The second-order valence-electron chi connectivity index (χ2n) is 5.77. The average molecular weight is 356 g/mol. The molecule has 6 nitrogen and oxygen atoms in total. The number of fused-ring (bicyclic) bond motifs is 1. The van der Waals surface area contributed by atoms with Gasteiger partial charge in [0.1, 0.15) is 11.9 Å². The van der Waals surface area contributed by atoms with Gasteiger partial charge in [0.15, 0.2) is 0 Å². The monoisotopic (exact) mass is 356 g/mol. The second kappa shape index (κ2) is 7.94. The lowest BCUT2D eigenvalue weighted by molar-refractivity contribution is -0.122. The lowest BCUT2D eigenvalue weighted by Crippen LogP contribution is -2.44. The van der Waals surface area contributed by atoms with E-state index in [1.165, 1.54) is 11.3 Å². The molecule has 0 aliphatic carbocycles. The molecule has 3 N–H and O–H groups in total. The molecule has 0 fully saturated rings. The van der Waals surface area contributed by atoms with Crippen molar-refractivity contribution in [3.63, 3.8) is 0 Å². The summed E-state index contributed by atoms with van der Waals surface area (Å²) in [6.45, 7) is 2.22. The van der Waals surface area contributed by atoms with Crippen LogP contribution in [0, 0.1) is 0 Å². The van der Waals surface area contributed by atoms with E-state index >= 15 is 0 Å². The molecule has 3 rings (SSSR count). The Morgan fingerprint density at radius 1 is 1.24 bits per heavy atom. The zero-order valence-corrected chi connectivity index (χ0v) is 14.7. The zero-order chi connectivity index (χ0) is 17.6. The first-order valence-corrected chi connectivity index (χ1v) is 9.07. The molecule has 2 amide bonds. The largest absolute Gasteiger partial charge is 0.354 e. The van der Waals surface area contributed by atoms with E-state index in [2.05, 4.69) is 20.6 Å². The predicted octanol–water partition coefficient (Wildman–Crippen LogP) is 2.49. The van der Waals surface area contributed by atoms with E-state index in [0.717, 1.165) is 29.7 Å². The molecule has 25 heavy (non-hydrogen) atoms. The van der Waals surface area contributed by atoms with Crippen molar-refractivity contribution < 1.29 is 9.59 Å². The molecule has 1 aromatic carbocycles. The number of benzene rings is 1. The topological polar surface area (TPSA) is 86.9 Å². The maximum atomic E-state index is 12.1. The number of nitrogens with zero attached hydrogens (tertiary/aromatic N) is 1. The van der Waals surface area contributed by atoms with Crippen molar-refractivity contribution in [2.75, 3.05) is 6.54 Å². The molecule has 130 valence electrons. The third-order valence-corrected chi connectivity index (χ3v) is 4.68. The second-order valence-corrected chi connectivity index (χ2v) is 6.72. The molecule has 0 aliphatic rings. The number of amides is 2. The number of hydrogen-bond acceptors (Lipinski definition) is 4. The van der Waals surface area contributed by atoms with Crippen LogP contribution in [-0.4, -0.2) is 34.4 Å². The van der Waals surface area contributed by atoms with Crippen molar-refractivity contribution in [3.8, 4) is 0 Å². The number of aryl methyl sites for hydroxylation is 1. The van der Waals surface area contributed by atoms with E-state index in [9.17, 15) is 9.59 Å². The molecular weight excluding hydrogens is 336 g/mol. The number of aromatic amines is 1. The van der Waals surface area contributed by atoms with Crippen LogP contribution >= 0.6 is 11.3 Å². The van der Waals surface area contributed by atoms with Gasteiger partial charge in [0.05, 0.1) is 15.9 Å². The summed E-state index contributed by atoms with van der Waals surface area (Å²) in [5.74, 6) is 0.504. The van der Waals surface area contributed by atoms with E-state index in [0.29, 0.717) is 11.4 Å². The highest BCUT2D eigenvalue weighted by molar-refractivity contribution is 7.12. The number of hydrogen-bond donors (Lipinski definition) is 3. The van der Waals surface area contributed by atoms with Crippen LogP contribution < -0.4 is 10.6 Å². The zero-order valence-electron chi connectivity index (χ0n) is 13.9. The molecule has 2 aromatic heterocycles. The van der Waals surface area contributed by atoms with Gasteiger partial charge in [0.25, 0.3) is 5.91 Å². The lowest BCUT2D eigenvalue weighted by Gasteiger charge is -2.13. The summed E-state index contributed by atoms with van der Waals surface area (Å²) in [6.07, 6.45) is 1.53. The Hall–Kier alpha value is -2.67. The van der Waals surface area contributed by atoms with E-state index in [1.54, 1.807) is 13.0 Å². The smallest absolute Gasteiger partial charge is 0.261 e. The van der Waals surface area contributed by atoms with Crippen LogP contribution in [0.3, 0.4) is 0 Å². The third-order valence-electron chi connectivity index (χ3n) is 3.81. The Labute approximate surface area is 149 Å². The van der Waals surface area contributed by atoms with Crippen molar-refractivity contribution in [1.82, 2.24) is 20.6 Å². The minimum Gasteiger partial charge on any atom is -0.354 e. The number of aromatic nitrogens is 2. The molecule has 0 aliphatic heterocycles. The molecule has 0 bridgehead atoms. The molecule has 0 saturated carbocycles. The van der Waals surface area contributed by atoms with Gasteiger partial charge in [0, 0.05) is 13.0 Å². The minimum absolute atomic E-state index is 0.186. The quantitative estimate of drug-likeness (QED) is 0.569. The van der Waals surface area contributed by atoms with E-state index in [1.807, 2.05) is 35.7 Å². The SMILES string of the molecule is CC(NC(=O)c1cccs1)C(=O)NCCCc1nc2ccccc2[nH]1. The highest BCUT2D eigenvalue weighted by Crippen LogP contribution is 2.11. The number of carbonyl (C=O) groups is 2. The Balaban J connectivity index is 1.40. The fraction of sp³-hybridized carbons (Fsp3) is 0.278. The van der Waals surface area contributed by atoms with Gasteiger partial charge in [-0.05, 0) is 36.9 Å². The Bertz CT molecular complexity index is 824. The minimum atomic E-state index is -0.569. The normalized spacial score (nSPS) is 12.0. The van der Waals surface area contributed by atoms with E-state index in [-0.39, 0.29) is 11.8 Å². The van der Waals surface area contributed by atoms with Gasteiger partial charge in [-0.25, -0.2) is 4.98 Å². The summed E-state index contributed by atoms with van der Waals surface area (Å²) in [4.78, 5) is 32.4. The van der Waals surface area contributed by atoms with Gasteiger partial charge in [-0.15, -0.1) is 11.3 Å². The molecule has 0 spiro atoms. The van der Waals surface area contributed by atoms with Crippen LogP contribution in [0.2, 0.25) is 0 Å². The lowest BCUT2D eigenvalue weighted by atomic mass is 10.2. The van der Waals surface area contributed by atoms with Crippen molar-refractivity contribution in [2.24, 2.45) is 0 Å². The number of rotatable bonds is 7. The third kappa shape index (κ3) is 4.45. The number of thiophene rings is 1. The number of nitrogens with one attached hydrogen (secondary N) is 3. The van der Waals surface area contributed by atoms with Gasteiger partial charge in [0.2, 0.25) is 5.91 Å². The van der Waals surface area contributed by atoms with Gasteiger partial charge in [-0.3, -0.25) is 9.59 Å². The summed E-state index contributed by atoms with van der Waals surface area (Å²) in [6, 6.07) is 10.9. The molecule has 0 saturated heterocycles. The van der Waals surface area contributed by atoms with Crippen molar-refractivity contribution in [1.29, 1.82) is 0 Å². The first-order chi connectivity index (χ1) is 12.1. The fourth-order valence-electron chi connectivity index (χ4n) is 2.49. The first kappa shape index (κ1) is 17.2. The van der Waals surface area contributed by atoms with Gasteiger partial charge >= 0.3 is 0 Å². The molecular formula is C18H20N4O2S. The van der Waals surface area contributed by atoms with Crippen LogP contribution in [0.4, 0.5) is 0 Å². The number of imidazole rings is 1. The van der Waals surface area contributed by atoms with E-state index in [4.69, 9.17) is 0 Å². The summed E-state index contributed by atoms with van der Waals surface area (Å²) in [5, 5.41) is 7.38. The molecule has 3 aromatic rings. The number of carbonyl (C=O) groups excluding carboxylic acids is 2. The Morgan fingerprint density at radius 2 is 2.08 bits per heavy atom. The van der Waals surface area contributed by atoms with Crippen LogP contribution in [0.1, 0.15) is 28.8 Å². The van der Waals surface area contributed by atoms with Gasteiger partial charge in [-0.2, -0.15) is 0 Å². The standard InChI is InChI=1S/C18H20N4O2S/c1-12(20-18(24)15-8-5-11-25-15)17(23)19-10-4-9-16-21-13-6-2-3-7-14(13)22-16/h2-3,5-8,11-12H,4,9-10H2,1H3,(H,19,23)(H,20,24)(H,21,22). The van der Waals surface area contributed by atoms with Gasteiger partial charge < -0.3 is 15.6 Å². The van der Waals surface area contributed by atoms with E-state index < -0.39 is 6.04 Å². The maximum absolute atomic E-state index is 12.1. The highest BCUT2D eigenvalue weighted by Gasteiger charge is 2.16. The highest BCUT2D eigenvalue weighted by atomic mass is 32.1. The van der Waals surface area contributed by atoms with Crippen molar-refractivity contribution in [3.05, 3.63) is 52.5 Å². The van der Waals surface area contributed by atoms with Crippen LogP contribution in [0.5, 0.6) is 0 Å². The van der Waals surface area contributed by atoms with Crippen LogP contribution in [0.15, 0.2) is 41.8 Å². The first-order valence-electron chi connectivity index (χ1n) is 8.19. The Morgan fingerprint density at radius 3 is 2.84 bits per heavy atom. The average Bonchev–Trinajstić information content (AvgIpc) is 3.27. The van der Waals surface area contributed by atoms with Crippen molar-refractivity contribution >= 4 is 34.2 Å².